The van der Waals surface area contributed by atoms with Gasteiger partial charge in [-0.3, -0.25) is 13.9 Å². The molecule has 0 bridgehead atoms. The molecule has 1 N–H and O–H groups in total. The van der Waals surface area contributed by atoms with Crippen LogP contribution >= 0.6 is 11.6 Å². The molecular weight excluding hydrogens is 666 g/mol. The van der Waals surface area contributed by atoms with Gasteiger partial charge in [0.15, 0.2) is 11.5 Å². The zero-order valence-corrected chi connectivity index (χ0v) is 30.0. The van der Waals surface area contributed by atoms with Gasteiger partial charge in [-0.15, -0.1) is 0 Å². The van der Waals surface area contributed by atoms with E-state index in [1.54, 1.807) is 6.07 Å². The minimum atomic E-state index is -4.48. The van der Waals surface area contributed by atoms with Gasteiger partial charge in [0, 0.05) is 30.1 Å². The number of aryl methyl sites for hydroxylation is 1. The second-order valence-electron chi connectivity index (χ2n) is 11.7. The zero-order chi connectivity index (χ0) is 35.7. The molecule has 1 unspecified atom stereocenters. The Morgan fingerprint density at radius 1 is 0.816 bits per heavy atom. The predicted molar refractivity (Wildman–Crippen MR) is 191 cm³/mol. The standard InChI is InChI=1S/C37H42ClN3O7S/c1-25(2)39-37(43)32(20-27-13-8-7-9-14-27)40(23-28-15-11-10-12-26(28)3)36(42)24-41(31-21-29(38)16-18-33(31)46-4)49(44,45)30-17-19-34(47-5)35(22-30)48-6/h7-19,21-22,25,32H,20,23-24H2,1-6H3,(H,39,43). The van der Waals surface area contributed by atoms with Crippen molar-refractivity contribution in [3.8, 4) is 17.2 Å². The van der Waals surface area contributed by atoms with E-state index in [1.807, 2.05) is 75.4 Å². The molecule has 0 radical (unpaired) electrons. The van der Waals surface area contributed by atoms with Crippen molar-refractivity contribution in [1.82, 2.24) is 10.2 Å². The smallest absolute Gasteiger partial charge is 0.265 e. The van der Waals surface area contributed by atoms with Crippen LogP contribution in [0.5, 0.6) is 17.2 Å². The SMILES string of the molecule is COc1ccc(S(=O)(=O)N(CC(=O)N(Cc2ccccc2C)C(Cc2ccccc2)C(=O)NC(C)C)c2cc(Cl)ccc2OC)cc1OC. The van der Waals surface area contributed by atoms with Crippen LogP contribution in [-0.2, 0) is 32.6 Å². The molecule has 1 atom stereocenters. The number of hydrogen-bond acceptors (Lipinski definition) is 7. The van der Waals surface area contributed by atoms with Crippen molar-refractivity contribution in [2.75, 3.05) is 32.2 Å². The highest BCUT2D eigenvalue weighted by atomic mass is 35.5. The van der Waals surface area contributed by atoms with Crippen molar-refractivity contribution in [2.45, 2.75) is 50.7 Å². The molecule has 2 amide bonds. The first kappa shape index (κ1) is 37.1. The number of sulfonamides is 1. The van der Waals surface area contributed by atoms with Crippen LogP contribution in [0.1, 0.15) is 30.5 Å². The molecule has 0 heterocycles. The fourth-order valence-electron chi connectivity index (χ4n) is 5.38. The third-order valence-corrected chi connectivity index (χ3v) is 9.93. The molecular formula is C37H42ClN3O7S. The van der Waals surface area contributed by atoms with E-state index >= 15 is 0 Å². The van der Waals surface area contributed by atoms with Gasteiger partial charge in [0.2, 0.25) is 11.8 Å². The number of carbonyl (C=O) groups excluding carboxylic acids is 2. The van der Waals surface area contributed by atoms with Crippen LogP contribution in [-0.4, -0.2) is 65.1 Å². The Morgan fingerprint density at radius 2 is 1.45 bits per heavy atom. The zero-order valence-electron chi connectivity index (χ0n) is 28.5. The number of anilines is 1. The molecule has 10 nitrogen and oxygen atoms in total. The van der Waals surface area contributed by atoms with Gasteiger partial charge < -0.3 is 24.4 Å². The maximum Gasteiger partial charge on any atom is 0.265 e. The van der Waals surface area contributed by atoms with Gasteiger partial charge in [0.05, 0.1) is 31.9 Å². The first-order valence-corrected chi connectivity index (χ1v) is 17.5. The number of methoxy groups -OCH3 is 3. The molecule has 0 fully saturated rings. The van der Waals surface area contributed by atoms with E-state index in [0.29, 0.717) is 5.75 Å². The summed E-state index contributed by atoms with van der Waals surface area (Å²) in [6, 6.07) is 24.4. The van der Waals surface area contributed by atoms with Gasteiger partial charge in [-0.2, -0.15) is 0 Å². The lowest BCUT2D eigenvalue weighted by atomic mass is 10.0. The Hall–Kier alpha value is -4.74. The molecule has 0 aliphatic heterocycles. The normalized spacial score (nSPS) is 11.8. The third kappa shape index (κ3) is 9.04. The van der Waals surface area contributed by atoms with Gasteiger partial charge in [-0.25, -0.2) is 8.42 Å². The molecule has 0 saturated carbocycles. The van der Waals surface area contributed by atoms with Gasteiger partial charge in [0.1, 0.15) is 18.3 Å². The molecule has 0 saturated heterocycles. The summed E-state index contributed by atoms with van der Waals surface area (Å²) in [6.45, 7) is 4.97. The van der Waals surface area contributed by atoms with Gasteiger partial charge >= 0.3 is 0 Å². The summed E-state index contributed by atoms with van der Waals surface area (Å²) in [5, 5.41) is 3.19. The molecule has 4 aromatic carbocycles. The Morgan fingerprint density at radius 3 is 2.08 bits per heavy atom. The predicted octanol–water partition coefficient (Wildman–Crippen LogP) is 6.03. The van der Waals surface area contributed by atoms with Crippen LogP contribution in [0.25, 0.3) is 0 Å². The van der Waals surface area contributed by atoms with Crippen LogP contribution in [0.15, 0.2) is 95.9 Å². The molecule has 0 aromatic heterocycles. The van der Waals surface area contributed by atoms with E-state index in [9.17, 15) is 18.0 Å². The number of rotatable bonds is 15. The number of halogens is 1. The van der Waals surface area contributed by atoms with E-state index in [1.165, 1.54) is 56.6 Å². The molecule has 49 heavy (non-hydrogen) atoms. The monoisotopic (exact) mass is 707 g/mol. The topological polar surface area (TPSA) is 114 Å². The lowest BCUT2D eigenvalue weighted by Gasteiger charge is -2.34. The summed E-state index contributed by atoms with van der Waals surface area (Å²) in [4.78, 5) is 30.0. The number of hydrogen-bond donors (Lipinski definition) is 1. The van der Waals surface area contributed by atoms with Crippen molar-refractivity contribution in [2.24, 2.45) is 0 Å². The van der Waals surface area contributed by atoms with E-state index in [2.05, 4.69) is 5.32 Å². The van der Waals surface area contributed by atoms with E-state index < -0.39 is 28.5 Å². The largest absolute Gasteiger partial charge is 0.495 e. The fourth-order valence-corrected chi connectivity index (χ4v) is 6.98. The Balaban J connectivity index is 1.89. The summed E-state index contributed by atoms with van der Waals surface area (Å²) in [5.41, 5.74) is 2.59. The highest BCUT2D eigenvalue weighted by Gasteiger charge is 2.36. The van der Waals surface area contributed by atoms with Gasteiger partial charge in [0.25, 0.3) is 10.0 Å². The van der Waals surface area contributed by atoms with Crippen LogP contribution in [0.4, 0.5) is 5.69 Å². The average molecular weight is 708 g/mol. The van der Waals surface area contributed by atoms with Crippen LogP contribution in [0, 0.1) is 6.92 Å². The fraction of sp³-hybridized carbons (Fsp3) is 0.297. The van der Waals surface area contributed by atoms with Crippen molar-refractivity contribution in [1.29, 1.82) is 0 Å². The number of benzene rings is 4. The molecule has 0 aliphatic carbocycles. The summed E-state index contributed by atoms with van der Waals surface area (Å²) >= 11 is 6.39. The number of amides is 2. The number of nitrogens with one attached hydrogen (secondary N) is 1. The highest BCUT2D eigenvalue weighted by molar-refractivity contribution is 7.92. The molecule has 0 spiro atoms. The van der Waals surface area contributed by atoms with E-state index in [4.69, 9.17) is 25.8 Å². The molecule has 0 aliphatic rings. The lowest BCUT2D eigenvalue weighted by molar-refractivity contribution is -0.140. The first-order chi connectivity index (χ1) is 23.4. The number of carbonyl (C=O) groups is 2. The molecule has 260 valence electrons. The van der Waals surface area contributed by atoms with Crippen LogP contribution < -0.4 is 23.8 Å². The van der Waals surface area contributed by atoms with Crippen LogP contribution in [0.3, 0.4) is 0 Å². The Bertz CT molecular complexity index is 1870. The third-order valence-electron chi connectivity index (χ3n) is 7.94. The summed E-state index contributed by atoms with van der Waals surface area (Å²) in [7, 11) is -0.249. The molecule has 4 aromatic rings. The maximum atomic E-state index is 14.8. The summed E-state index contributed by atoms with van der Waals surface area (Å²) in [5.74, 6) is -0.300. The second kappa shape index (κ2) is 16.6. The first-order valence-electron chi connectivity index (χ1n) is 15.7. The summed E-state index contributed by atoms with van der Waals surface area (Å²) in [6.07, 6.45) is 0.194. The summed E-state index contributed by atoms with van der Waals surface area (Å²) < 4.78 is 46.4. The Labute approximate surface area is 293 Å². The Kier molecular flexibility index (Phi) is 12.5. The van der Waals surface area contributed by atoms with E-state index in [-0.39, 0.29) is 52.0 Å². The van der Waals surface area contributed by atoms with Crippen molar-refractivity contribution in [3.63, 3.8) is 0 Å². The quantitative estimate of drug-likeness (QED) is 0.160. The minimum Gasteiger partial charge on any atom is -0.495 e. The van der Waals surface area contributed by atoms with Crippen molar-refractivity contribution >= 4 is 39.1 Å². The molecule has 12 heteroatoms. The minimum absolute atomic E-state index is 0.0419. The lowest BCUT2D eigenvalue weighted by Crippen LogP contribution is -2.54. The number of ether oxygens (including phenoxy) is 3. The van der Waals surface area contributed by atoms with Gasteiger partial charge in [-0.05, 0) is 67.8 Å². The van der Waals surface area contributed by atoms with Crippen molar-refractivity contribution in [3.05, 3.63) is 113 Å². The van der Waals surface area contributed by atoms with E-state index in [0.717, 1.165) is 21.0 Å². The average Bonchev–Trinajstić information content (AvgIpc) is 3.09. The number of nitrogens with zero attached hydrogens (tertiary/aromatic N) is 2. The highest BCUT2D eigenvalue weighted by Crippen LogP contribution is 2.37. The van der Waals surface area contributed by atoms with Crippen molar-refractivity contribution < 1.29 is 32.2 Å². The van der Waals surface area contributed by atoms with Crippen LogP contribution in [0.2, 0.25) is 5.02 Å². The second-order valence-corrected chi connectivity index (χ2v) is 14.0. The van der Waals surface area contributed by atoms with Gasteiger partial charge in [-0.1, -0.05) is 66.2 Å². The molecule has 4 rings (SSSR count). The maximum absolute atomic E-state index is 14.8.